The Balaban J connectivity index is 1.94. The average Bonchev–Trinajstić information content (AvgIpc) is 3.11. The number of ether oxygens (including phenoxy) is 2. The molecule has 0 aliphatic heterocycles. The molecule has 4 rings (SSSR count). The number of aromatic nitrogens is 2. The summed E-state index contributed by atoms with van der Waals surface area (Å²) in [6, 6.07) is 11.1. The van der Waals surface area contributed by atoms with Crippen LogP contribution in [0.3, 0.4) is 0 Å². The Morgan fingerprint density at radius 3 is 2.76 bits per heavy atom. The number of imidazole rings is 1. The maximum atomic E-state index is 12.8. The van der Waals surface area contributed by atoms with E-state index in [1.807, 2.05) is 24.3 Å². The fourth-order valence-corrected chi connectivity index (χ4v) is 4.07. The molecule has 7 heteroatoms. The minimum Gasteiger partial charge on any atom is -0.493 e. The summed E-state index contributed by atoms with van der Waals surface area (Å²) in [4.78, 5) is 18.0. The lowest BCUT2D eigenvalue weighted by Crippen LogP contribution is -2.22. The van der Waals surface area contributed by atoms with E-state index in [2.05, 4.69) is 4.98 Å². The second-order valence-electron chi connectivity index (χ2n) is 5.37. The van der Waals surface area contributed by atoms with Gasteiger partial charge in [0.2, 0.25) is 0 Å². The number of hydrogen-bond acceptors (Lipinski definition) is 5. The molecule has 0 fully saturated rings. The minimum absolute atomic E-state index is 0.0976. The average molecular weight is 373 g/mol. The summed E-state index contributed by atoms with van der Waals surface area (Å²) < 4.78 is 12.8. The number of benzene rings is 2. The number of rotatable bonds is 3. The maximum absolute atomic E-state index is 12.8. The molecule has 0 radical (unpaired) electrons. The first-order chi connectivity index (χ1) is 12.1. The third-order valence-electron chi connectivity index (χ3n) is 3.90. The Morgan fingerprint density at radius 2 is 2.00 bits per heavy atom. The van der Waals surface area contributed by atoms with E-state index >= 15 is 0 Å². The van der Waals surface area contributed by atoms with Gasteiger partial charge in [0.05, 0.1) is 34.8 Å². The van der Waals surface area contributed by atoms with Gasteiger partial charge >= 0.3 is 0 Å². The minimum atomic E-state index is -0.0976. The van der Waals surface area contributed by atoms with E-state index in [0.29, 0.717) is 26.0 Å². The molecule has 2 aromatic carbocycles. The van der Waals surface area contributed by atoms with Crippen molar-refractivity contribution in [3.8, 4) is 11.5 Å². The predicted molar refractivity (Wildman–Crippen MR) is 100 cm³/mol. The number of nitrogens with zero attached hydrogens (tertiary/aromatic N) is 2. The number of para-hydroxylation sites is 2. The van der Waals surface area contributed by atoms with E-state index in [1.165, 1.54) is 18.4 Å². The monoisotopic (exact) mass is 372 g/mol. The highest BCUT2D eigenvalue weighted by Gasteiger charge is 2.12. The molecule has 0 saturated heterocycles. The van der Waals surface area contributed by atoms with Gasteiger partial charge in [0.25, 0.3) is 5.56 Å². The zero-order chi connectivity index (χ0) is 17.6. The van der Waals surface area contributed by atoms with Crippen molar-refractivity contribution in [1.29, 1.82) is 0 Å². The van der Waals surface area contributed by atoms with Crippen LogP contribution in [0.4, 0.5) is 0 Å². The van der Waals surface area contributed by atoms with Crippen molar-refractivity contribution in [2.45, 2.75) is 0 Å². The number of hydrogen-bond donors (Lipinski definition) is 0. The molecule has 4 aromatic rings. The van der Waals surface area contributed by atoms with Crippen molar-refractivity contribution in [2.24, 2.45) is 0 Å². The fourth-order valence-electron chi connectivity index (χ4n) is 2.78. The molecular weight excluding hydrogens is 360 g/mol. The Labute approximate surface area is 151 Å². The van der Waals surface area contributed by atoms with Crippen LogP contribution in [-0.2, 0) is 0 Å². The number of fused-ring (bicyclic) bond motifs is 3. The van der Waals surface area contributed by atoms with Crippen LogP contribution in [0, 0.1) is 0 Å². The fraction of sp³-hybridized carbons (Fsp3) is 0.111. The van der Waals surface area contributed by atoms with Crippen LogP contribution in [0.5, 0.6) is 11.5 Å². The van der Waals surface area contributed by atoms with Crippen molar-refractivity contribution in [2.75, 3.05) is 14.2 Å². The lowest BCUT2D eigenvalue weighted by molar-refractivity contribution is 0.355. The van der Waals surface area contributed by atoms with Gasteiger partial charge in [-0.15, -0.1) is 0 Å². The van der Waals surface area contributed by atoms with Crippen molar-refractivity contribution in [3.05, 3.63) is 61.9 Å². The number of halogens is 1. The number of thiazole rings is 1. The zero-order valence-corrected chi connectivity index (χ0v) is 15.0. The summed E-state index contributed by atoms with van der Waals surface area (Å²) in [5.74, 6) is 0.983. The van der Waals surface area contributed by atoms with Crippen molar-refractivity contribution >= 4 is 45.0 Å². The third kappa shape index (κ3) is 2.54. The lowest BCUT2D eigenvalue weighted by atomic mass is 10.2. The first-order valence-corrected chi connectivity index (χ1v) is 8.65. The molecule has 0 aliphatic rings. The van der Waals surface area contributed by atoms with Gasteiger partial charge in [0.15, 0.2) is 16.5 Å². The molecule has 2 heterocycles. The molecule has 0 spiro atoms. The Morgan fingerprint density at radius 1 is 1.20 bits per heavy atom. The molecule has 0 aliphatic carbocycles. The van der Waals surface area contributed by atoms with Gasteiger partial charge < -0.3 is 9.47 Å². The first kappa shape index (κ1) is 15.9. The molecule has 2 aromatic heterocycles. The Hall–Kier alpha value is -2.57. The summed E-state index contributed by atoms with van der Waals surface area (Å²) in [5, 5.41) is 0.423. The molecule has 0 unspecified atom stereocenters. The van der Waals surface area contributed by atoms with Crippen LogP contribution in [0.1, 0.15) is 5.56 Å². The highest BCUT2D eigenvalue weighted by molar-refractivity contribution is 7.15. The highest BCUT2D eigenvalue weighted by atomic mass is 35.5. The smallest absolute Gasteiger partial charge is 0.274 e. The number of methoxy groups -OCH3 is 2. The van der Waals surface area contributed by atoms with Crippen LogP contribution < -0.4 is 19.6 Å². The van der Waals surface area contributed by atoms with E-state index in [1.54, 1.807) is 29.7 Å². The predicted octanol–water partition coefficient (Wildman–Crippen LogP) is 3.13. The van der Waals surface area contributed by atoms with Gasteiger partial charge in [-0.05, 0) is 35.9 Å². The van der Waals surface area contributed by atoms with E-state index in [0.717, 1.165) is 16.6 Å². The highest BCUT2D eigenvalue weighted by Crippen LogP contribution is 2.36. The van der Waals surface area contributed by atoms with E-state index in [4.69, 9.17) is 21.1 Å². The van der Waals surface area contributed by atoms with Crippen LogP contribution in [0.25, 0.3) is 22.1 Å². The second kappa shape index (κ2) is 6.06. The normalized spacial score (nSPS) is 12.2. The van der Waals surface area contributed by atoms with Gasteiger partial charge in [0.1, 0.15) is 0 Å². The van der Waals surface area contributed by atoms with Gasteiger partial charge in [-0.1, -0.05) is 35.1 Å². The van der Waals surface area contributed by atoms with Gasteiger partial charge in [0, 0.05) is 0 Å². The largest absolute Gasteiger partial charge is 0.493 e. The summed E-state index contributed by atoms with van der Waals surface area (Å²) >= 11 is 7.58. The molecule has 5 nitrogen and oxygen atoms in total. The van der Waals surface area contributed by atoms with Crippen LogP contribution in [0.2, 0.25) is 5.02 Å². The Bertz CT molecular complexity index is 1210. The molecule has 126 valence electrons. The van der Waals surface area contributed by atoms with Crippen molar-refractivity contribution < 1.29 is 9.47 Å². The van der Waals surface area contributed by atoms with E-state index in [-0.39, 0.29) is 5.56 Å². The maximum Gasteiger partial charge on any atom is 0.274 e. The quantitative estimate of drug-likeness (QED) is 0.554. The molecule has 0 saturated carbocycles. The molecule has 25 heavy (non-hydrogen) atoms. The Kier molecular flexibility index (Phi) is 3.86. The lowest BCUT2D eigenvalue weighted by Gasteiger charge is -2.09. The second-order valence-corrected chi connectivity index (χ2v) is 6.79. The van der Waals surface area contributed by atoms with Crippen molar-refractivity contribution in [3.63, 3.8) is 0 Å². The molecule has 0 atom stereocenters. The van der Waals surface area contributed by atoms with Crippen LogP contribution >= 0.6 is 22.9 Å². The summed E-state index contributed by atoms with van der Waals surface area (Å²) in [6.07, 6.45) is 1.78. The summed E-state index contributed by atoms with van der Waals surface area (Å²) in [7, 11) is 3.07. The van der Waals surface area contributed by atoms with Gasteiger partial charge in [-0.3, -0.25) is 4.79 Å². The first-order valence-electron chi connectivity index (χ1n) is 7.45. The molecule has 0 bridgehead atoms. The topological polar surface area (TPSA) is 52.8 Å². The van der Waals surface area contributed by atoms with Crippen molar-refractivity contribution in [1.82, 2.24) is 9.38 Å². The molecule has 0 N–H and O–H groups in total. The third-order valence-corrected chi connectivity index (χ3v) is 5.15. The molecule has 0 amide bonds. The van der Waals surface area contributed by atoms with E-state index in [9.17, 15) is 4.79 Å². The van der Waals surface area contributed by atoms with E-state index < -0.39 is 0 Å². The van der Waals surface area contributed by atoms with Gasteiger partial charge in [-0.25, -0.2) is 9.38 Å². The van der Waals surface area contributed by atoms with Gasteiger partial charge in [-0.2, -0.15) is 0 Å². The SMILES string of the molecule is COc1cc(/C=c2\sc3nc4ccccc4n3c2=O)cc(Cl)c1OC. The van der Waals surface area contributed by atoms with Crippen LogP contribution in [-0.4, -0.2) is 23.6 Å². The summed E-state index contributed by atoms with van der Waals surface area (Å²) in [5.41, 5.74) is 2.28. The van der Waals surface area contributed by atoms with Crippen LogP contribution in [0.15, 0.2) is 41.2 Å². The summed E-state index contributed by atoms with van der Waals surface area (Å²) in [6.45, 7) is 0. The molecular formula is C18H13ClN2O3S. The zero-order valence-electron chi connectivity index (χ0n) is 13.4. The standard InChI is InChI=1S/C18H13ClN2O3S/c1-23-14-8-10(7-11(19)16(14)24-2)9-15-17(22)21-13-6-4-3-5-12(13)20-18(21)25-15/h3-9H,1-2H3/b15-9-.